The van der Waals surface area contributed by atoms with Crippen LogP contribution in [0.1, 0.15) is 5.69 Å². The second-order valence-corrected chi connectivity index (χ2v) is 4.55. The van der Waals surface area contributed by atoms with Gasteiger partial charge in [0.05, 0.1) is 11.7 Å². The van der Waals surface area contributed by atoms with Gasteiger partial charge in [-0.1, -0.05) is 0 Å². The number of aromatic nitrogens is 5. The number of imidazole rings is 1. The summed E-state index contributed by atoms with van der Waals surface area (Å²) in [6.07, 6.45) is 9.39. The maximum atomic E-state index is 4.50. The molecule has 0 bridgehead atoms. The Balaban J connectivity index is 2.08. The molecule has 5 heteroatoms. The molecule has 0 amide bonds. The van der Waals surface area contributed by atoms with E-state index in [0.29, 0.717) is 0 Å². The second-order valence-electron chi connectivity index (χ2n) is 4.55. The molecule has 4 aromatic heterocycles. The Morgan fingerprint density at radius 2 is 2.05 bits per heavy atom. The summed E-state index contributed by atoms with van der Waals surface area (Å²) in [5.41, 5.74) is 5.07. The van der Waals surface area contributed by atoms with Crippen LogP contribution >= 0.6 is 0 Å². The Kier molecular flexibility index (Phi) is 1.97. The molecule has 4 rings (SSSR count). The Hall–Kier alpha value is -2.69. The number of nitrogens with zero attached hydrogens (tertiary/aromatic N) is 4. The van der Waals surface area contributed by atoms with E-state index in [9.17, 15) is 0 Å². The van der Waals surface area contributed by atoms with Crippen molar-refractivity contribution in [1.82, 2.24) is 24.6 Å². The minimum atomic E-state index is 0.938. The van der Waals surface area contributed by atoms with Crippen LogP contribution in [0.3, 0.4) is 0 Å². The first-order valence-electron chi connectivity index (χ1n) is 6.04. The zero-order chi connectivity index (χ0) is 12.8. The van der Waals surface area contributed by atoms with E-state index < -0.39 is 0 Å². The van der Waals surface area contributed by atoms with E-state index in [1.165, 1.54) is 0 Å². The Morgan fingerprint density at radius 1 is 1.11 bits per heavy atom. The van der Waals surface area contributed by atoms with E-state index in [4.69, 9.17) is 0 Å². The Bertz CT molecular complexity index is 874. The molecule has 0 atom stereocenters. The number of nitrogens with one attached hydrogen (secondary N) is 1. The van der Waals surface area contributed by atoms with Gasteiger partial charge < -0.3 is 4.40 Å². The standard InChI is InChI=1S/C14H11N5/c1-9-5-16-14-12-4-10(11-7-17-18-8-11)6-15-13(12)2-3-19(9)14/h2-8H,1H3,(H,17,18). The van der Waals surface area contributed by atoms with Crippen LogP contribution in [0.2, 0.25) is 0 Å². The van der Waals surface area contributed by atoms with Crippen LogP contribution < -0.4 is 0 Å². The van der Waals surface area contributed by atoms with Gasteiger partial charge in [-0.15, -0.1) is 0 Å². The highest BCUT2D eigenvalue weighted by Crippen LogP contribution is 2.24. The van der Waals surface area contributed by atoms with Crippen molar-refractivity contribution in [3.63, 3.8) is 0 Å². The van der Waals surface area contributed by atoms with Gasteiger partial charge in [0.2, 0.25) is 0 Å². The molecule has 1 N–H and O–H groups in total. The number of fused-ring (bicyclic) bond motifs is 3. The molecule has 0 aromatic carbocycles. The first-order valence-corrected chi connectivity index (χ1v) is 6.04. The highest BCUT2D eigenvalue weighted by molar-refractivity contribution is 5.94. The average molecular weight is 249 g/mol. The van der Waals surface area contributed by atoms with Gasteiger partial charge in [0, 0.05) is 47.0 Å². The van der Waals surface area contributed by atoms with Crippen LogP contribution in [0.4, 0.5) is 0 Å². The molecule has 4 heterocycles. The Labute approximate surface area is 108 Å². The second kappa shape index (κ2) is 3.65. The highest BCUT2D eigenvalue weighted by atomic mass is 15.1. The van der Waals surface area contributed by atoms with Crippen LogP contribution in [0.15, 0.2) is 43.1 Å². The third-order valence-electron chi connectivity index (χ3n) is 3.35. The molecule has 0 spiro atoms. The predicted octanol–water partition coefficient (Wildman–Crippen LogP) is 2.58. The molecule has 0 saturated carbocycles. The fraction of sp³-hybridized carbons (Fsp3) is 0.0714. The van der Waals surface area contributed by atoms with Crippen LogP contribution in [0.5, 0.6) is 0 Å². The first kappa shape index (κ1) is 10.3. The van der Waals surface area contributed by atoms with Crippen molar-refractivity contribution in [2.45, 2.75) is 6.92 Å². The normalized spacial score (nSPS) is 11.4. The van der Waals surface area contributed by atoms with Crippen molar-refractivity contribution in [1.29, 1.82) is 0 Å². The van der Waals surface area contributed by atoms with Gasteiger partial charge in [0.25, 0.3) is 0 Å². The lowest BCUT2D eigenvalue weighted by atomic mass is 10.1. The minimum absolute atomic E-state index is 0.938. The monoisotopic (exact) mass is 249 g/mol. The van der Waals surface area contributed by atoms with Gasteiger partial charge in [-0.3, -0.25) is 10.1 Å². The van der Waals surface area contributed by atoms with Crippen molar-refractivity contribution in [3.05, 3.63) is 48.8 Å². The third kappa shape index (κ3) is 1.45. The number of aryl methyl sites for hydroxylation is 1. The summed E-state index contributed by atoms with van der Waals surface area (Å²) in [7, 11) is 0. The van der Waals surface area contributed by atoms with Crippen molar-refractivity contribution in [2.24, 2.45) is 0 Å². The van der Waals surface area contributed by atoms with E-state index in [1.54, 1.807) is 6.20 Å². The van der Waals surface area contributed by atoms with Crippen molar-refractivity contribution in [3.8, 4) is 11.1 Å². The number of aromatic amines is 1. The Morgan fingerprint density at radius 3 is 2.89 bits per heavy atom. The lowest BCUT2D eigenvalue weighted by Crippen LogP contribution is -1.90. The number of pyridine rings is 2. The lowest BCUT2D eigenvalue weighted by molar-refractivity contribution is 1.09. The van der Waals surface area contributed by atoms with Crippen LogP contribution in [0, 0.1) is 6.92 Å². The smallest absolute Gasteiger partial charge is 0.146 e. The van der Waals surface area contributed by atoms with Crippen LogP contribution in [-0.2, 0) is 0 Å². The average Bonchev–Trinajstić information content (AvgIpc) is 3.08. The lowest BCUT2D eigenvalue weighted by Gasteiger charge is -2.03. The maximum absolute atomic E-state index is 4.50. The van der Waals surface area contributed by atoms with E-state index in [2.05, 4.69) is 30.6 Å². The van der Waals surface area contributed by atoms with E-state index in [1.807, 2.05) is 37.8 Å². The SMILES string of the molecule is Cc1cnc2c3cc(-c4cn[nH]c4)cnc3ccn12. The molecular weight excluding hydrogens is 238 g/mol. The number of hydrogen-bond acceptors (Lipinski definition) is 3. The zero-order valence-corrected chi connectivity index (χ0v) is 10.3. The van der Waals surface area contributed by atoms with Gasteiger partial charge in [-0.2, -0.15) is 5.10 Å². The molecule has 0 radical (unpaired) electrons. The van der Waals surface area contributed by atoms with Crippen molar-refractivity contribution < 1.29 is 0 Å². The van der Waals surface area contributed by atoms with E-state index in [-0.39, 0.29) is 0 Å². The third-order valence-corrected chi connectivity index (χ3v) is 3.35. The number of hydrogen-bond donors (Lipinski definition) is 1. The van der Waals surface area contributed by atoms with Gasteiger partial charge in [-0.05, 0) is 19.1 Å². The molecule has 5 nitrogen and oxygen atoms in total. The molecule has 0 aliphatic heterocycles. The van der Waals surface area contributed by atoms with Crippen molar-refractivity contribution >= 4 is 16.6 Å². The summed E-state index contributed by atoms with van der Waals surface area (Å²) >= 11 is 0. The molecule has 0 unspecified atom stereocenters. The van der Waals surface area contributed by atoms with Crippen LogP contribution in [-0.4, -0.2) is 24.6 Å². The van der Waals surface area contributed by atoms with E-state index in [0.717, 1.165) is 33.4 Å². The summed E-state index contributed by atoms with van der Waals surface area (Å²) in [4.78, 5) is 8.97. The molecule has 0 saturated heterocycles. The summed E-state index contributed by atoms with van der Waals surface area (Å²) in [5.74, 6) is 0. The fourth-order valence-corrected chi connectivity index (χ4v) is 2.33. The molecule has 92 valence electrons. The predicted molar refractivity (Wildman–Crippen MR) is 72.8 cm³/mol. The quantitative estimate of drug-likeness (QED) is 0.564. The highest BCUT2D eigenvalue weighted by Gasteiger charge is 2.07. The fourth-order valence-electron chi connectivity index (χ4n) is 2.33. The van der Waals surface area contributed by atoms with E-state index >= 15 is 0 Å². The molecule has 4 aromatic rings. The first-order chi connectivity index (χ1) is 9.33. The summed E-state index contributed by atoms with van der Waals surface area (Å²) in [5, 5.41) is 7.84. The van der Waals surface area contributed by atoms with Crippen molar-refractivity contribution in [2.75, 3.05) is 0 Å². The zero-order valence-electron chi connectivity index (χ0n) is 10.3. The number of H-pyrrole nitrogens is 1. The maximum Gasteiger partial charge on any atom is 0.146 e. The van der Waals surface area contributed by atoms with Crippen LogP contribution in [0.25, 0.3) is 27.7 Å². The molecule has 0 aliphatic rings. The molecule has 19 heavy (non-hydrogen) atoms. The number of rotatable bonds is 1. The summed E-state index contributed by atoms with van der Waals surface area (Å²) < 4.78 is 2.07. The largest absolute Gasteiger partial charge is 0.304 e. The van der Waals surface area contributed by atoms with Gasteiger partial charge >= 0.3 is 0 Å². The molecular formula is C14H11N5. The minimum Gasteiger partial charge on any atom is -0.304 e. The van der Waals surface area contributed by atoms with Gasteiger partial charge in [-0.25, -0.2) is 4.98 Å². The molecule has 0 aliphatic carbocycles. The molecule has 0 fully saturated rings. The van der Waals surface area contributed by atoms with Gasteiger partial charge in [0.1, 0.15) is 5.65 Å². The summed E-state index contributed by atoms with van der Waals surface area (Å²) in [6.45, 7) is 2.04. The topological polar surface area (TPSA) is 58.9 Å². The summed E-state index contributed by atoms with van der Waals surface area (Å²) in [6, 6.07) is 4.12. The van der Waals surface area contributed by atoms with Gasteiger partial charge in [0.15, 0.2) is 0 Å².